The van der Waals surface area contributed by atoms with E-state index in [0.717, 1.165) is 56.9 Å². The molecule has 4 rings (SSSR count). The third-order valence-corrected chi connectivity index (χ3v) is 5.46. The van der Waals surface area contributed by atoms with Crippen LogP contribution in [0.4, 0.5) is 5.82 Å². The van der Waals surface area contributed by atoms with Crippen molar-refractivity contribution in [2.24, 2.45) is 4.99 Å². The Morgan fingerprint density at radius 3 is 2.63 bits per heavy atom. The molecule has 0 bridgehead atoms. The molecule has 1 N–H and O–H groups in total. The zero-order chi connectivity index (χ0) is 18.3. The fourth-order valence-electron chi connectivity index (χ4n) is 3.91. The number of nitrogens with one attached hydrogen (secondary N) is 1. The van der Waals surface area contributed by atoms with Crippen molar-refractivity contribution < 1.29 is 0 Å². The molecule has 3 heterocycles. The summed E-state index contributed by atoms with van der Waals surface area (Å²) >= 11 is 0. The number of pyridine rings is 1. The van der Waals surface area contributed by atoms with Gasteiger partial charge in [-0.15, -0.1) is 0 Å². The zero-order valence-corrected chi connectivity index (χ0v) is 16.0. The molecule has 1 aromatic heterocycles. The Hall–Kier alpha value is -2.40. The third-order valence-electron chi connectivity index (χ3n) is 5.46. The summed E-state index contributed by atoms with van der Waals surface area (Å²) in [4.78, 5) is 14.0. The molecule has 5 heteroatoms. The molecular weight excluding hydrogens is 334 g/mol. The van der Waals surface area contributed by atoms with Gasteiger partial charge in [0, 0.05) is 62.8 Å². The van der Waals surface area contributed by atoms with E-state index < -0.39 is 0 Å². The molecule has 1 aromatic carbocycles. The number of hydrogen-bond donors (Lipinski definition) is 1. The summed E-state index contributed by atoms with van der Waals surface area (Å²) in [5.41, 5.74) is 1.37. The van der Waals surface area contributed by atoms with Crippen molar-refractivity contribution in [3.8, 4) is 0 Å². The lowest BCUT2D eigenvalue weighted by Crippen LogP contribution is -2.47. The lowest BCUT2D eigenvalue weighted by atomic mass is 10.1. The molecule has 0 atom stereocenters. The Balaban J connectivity index is 1.17. The Kier molecular flexibility index (Phi) is 5.99. The van der Waals surface area contributed by atoms with Gasteiger partial charge in [-0.25, -0.2) is 4.98 Å². The molecule has 142 valence electrons. The summed E-state index contributed by atoms with van der Waals surface area (Å²) in [6.07, 6.45) is 5.37. The van der Waals surface area contributed by atoms with Gasteiger partial charge >= 0.3 is 0 Å². The number of anilines is 1. The van der Waals surface area contributed by atoms with E-state index in [9.17, 15) is 0 Å². The standard InChI is InChI=1S/C22H29N5/c1-2-8-20-19(7-1)21(10-13-24-20)23-11-5-6-14-26-15-17-27(18-16-26)22-9-3-4-12-25-22/h1-4,7-9,12,23H,5-6,10-11,13-18H2. The molecule has 0 saturated carbocycles. The van der Waals surface area contributed by atoms with Crippen molar-refractivity contribution in [2.75, 3.05) is 50.7 Å². The smallest absolute Gasteiger partial charge is 0.128 e. The van der Waals surface area contributed by atoms with Crippen LogP contribution in [0.2, 0.25) is 0 Å². The lowest BCUT2D eigenvalue weighted by molar-refractivity contribution is 0.252. The molecule has 0 unspecified atom stereocenters. The fourth-order valence-corrected chi connectivity index (χ4v) is 3.91. The second-order valence-electron chi connectivity index (χ2n) is 7.28. The average molecular weight is 364 g/mol. The molecule has 1 saturated heterocycles. The van der Waals surface area contributed by atoms with E-state index in [2.05, 4.69) is 61.5 Å². The normalized spacial score (nSPS) is 17.3. The maximum absolute atomic E-state index is 4.60. The van der Waals surface area contributed by atoms with E-state index in [4.69, 9.17) is 0 Å². The zero-order valence-electron chi connectivity index (χ0n) is 16.0. The van der Waals surface area contributed by atoms with Crippen molar-refractivity contribution in [1.29, 1.82) is 0 Å². The van der Waals surface area contributed by atoms with Gasteiger partial charge in [0.25, 0.3) is 0 Å². The first-order valence-electron chi connectivity index (χ1n) is 10.1. The molecule has 1 fully saturated rings. The van der Waals surface area contributed by atoms with E-state index in [-0.39, 0.29) is 0 Å². The van der Waals surface area contributed by atoms with Gasteiger partial charge in [-0.2, -0.15) is 0 Å². The average Bonchev–Trinajstić information content (AvgIpc) is 2.75. The highest BCUT2D eigenvalue weighted by Gasteiger charge is 2.17. The van der Waals surface area contributed by atoms with Crippen LogP contribution < -0.4 is 20.8 Å². The number of nitrogens with zero attached hydrogens (tertiary/aromatic N) is 4. The minimum Gasteiger partial charge on any atom is -0.388 e. The van der Waals surface area contributed by atoms with Crippen molar-refractivity contribution in [2.45, 2.75) is 19.3 Å². The van der Waals surface area contributed by atoms with Crippen molar-refractivity contribution in [3.05, 3.63) is 59.2 Å². The monoisotopic (exact) mass is 363 g/mol. The van der Waals surface area contributed by atoms with Crippen LogP contribution in [-0.4, -0.2) is 55.7 Å². The Bertz CT molecular complexity index is 841. The van der Waals surface area contributed by atoms with Crippen molar-refractivity contribution >= 4 is 11.5 Å². The van der Waals surface area contributed by atoms with Crippen LogP contribution in [-0.2, 0) is 0 Å². The van der Waals surface area contributed by atoms with E-state index in [1.807, 2.05) is 12.3 Å². The Labute approximate surface area is 161 Å². The summed E-state index contributed by atoms with van der Waals surface area (Å²) in [6.45, 7) is 7.57. The molecule has 0 spiro atoms. The predicted octanol–water partition coefficient (Wildman–Crippen LogP) is 1.41. The molecule has 2 aromatic rings. The van der Waals surface area contributed by atoms with Crippen LogP contribution in [0.15, 0.2) is 53.7 Å². The Morgan fingerprint density at radius 2 is 1.78 bits per heavy atom. The molecule has 2 aliphatic heterocycles. The van der Waals surface area contributed by atoms with Gasteiger partial charge in [-0.05, 0) is 37.6 Å². The van der Waals surface area contributed by atoms with Gasteiger partial charge in [0.15, 0.2) is 0 Å². The van der Waals surface area contributed by atoms with Gasteiger partial charge in [0.1, 0.15) is 5.82 Å². The molecule has 2 aliphatic rings. The quantitative estimate of drug-likeness (QED) is 0.756. The number of rotatable bonds is 7. The van der Waals surface area contributed by atoms with Gasteiger partial charge in [0.2, 0.25) is 0 Å². The highest BCUT2D eigenvalue weighted by atomic mass is 15.3. The van der Waals surface area contributed by atoms with Crippen LogP contribution in [0.5, 0.6) is 0 Å². The van der Waals surface area contributed by atoms with Crippen molar-refractivity contribution in [1.82, 2.24) is 15.2 Å². The first-order chi connectivity index (χ1) is 13.4. The number of hydrogen-bond acceptors (Lipinski definition) is 5. The number of fused-ring (bicyclic) bond motifs is 1. The SMILES string of the molecule is c1ccc(N2CCN(CCCCNC3=c4ccccc4=NCC3)CC2)nc1. The predicted molar refractivity (Wildman–Crippen MR) is 110 cm³/mol. The second kappa shape index (κ2) is 9.00. The molecule has 0 radical (unpaired) electrons. The summed E-state index contributed by atoms with van der Waals surface area (Å²) in [6, 6.07) is 14.6. The number of para-hydroxylation sites is 1. The summed E-state index contributed by atoms with van der Waals surface area (Å²) in [7, 11) is 0. The summed E-state index contributed by atoms with van der Waals surface area (Å²) in [5, 5.41) is 6.09. The minimum absolute atomic E-state index is 0.903. The molecular formula is C22H29N5. The van der Waals surface area contributed by atoms with E-state index in [0.29, 0.717) is 0 Å². The lowest BCUT2D eigenvalue weighted by Gasteiger charge is -2.35. The topological polar surface area (TPSA) is 43.8 Å². The van der Waals surface area contributed by atoms with Crippen molar-refractivity contribution in [3.63, 3.8) is 0 Å². The molecule has 0 amide bonds. The maximum Gasteiger partial charge on any atom is 0.128 e. The van der Waals surface area contributed by atoms with Crippen LogP contribution in [0.1, 0.15) is 19.3 Å². The fraction of sp³-hybridized carbons (Fsp3) is 0.455. The summed E-state index contributed by atoms with van der Waals surface area (Å²) < 4.78 is 0. The van der Waals surface area contributed by atoms with Gasteiger partial charge in [-0.3, -0.25) is 9.89 Å². The van der Waals surface area contributed by atoms with Crippen LogP contribution in [0.25, 0.3) is 5.70 Å². The van der Waals surface area contributed by atoms with Gasteiger partial charge < -0.3 is 10.2 Å². The molecule has 27 heavy (non-hydrogen) atoms. The number of aromatic nitrogens is 1. The first-order valence-corrected chi connectivity index (χ1v) is 10.1. The molecule has 0 aliphatic carbocycles. The highest BCUT2D eigenvalue weighted by Crippen LogP contribution is 2.12. The number of piperazine rings is 1. The van der Waals surface area contributed by atoms with Crippen LogP contribution in [0, 0.1) is 0 Å². The van der Waals surface area contributed by atoms with Crippen LogP contribution >= 0.6 is 0 Å². The summed E-state index contributed by atoms with van der Waals surface area (Å²) in [5.74, 6) is 1.11. The van der Waals surface area contributed by atoms with Crippen LogP contribution in [0.3, 0.4) is 0 Å². The maximum atomic E-state index is 4.60. The number of unbranched alkanes of at least 4 members (excludes halogenated alkanes) is 1. The van der Waals surface area contributed by atoms with Gasteiger partial charge in [-0.1, -0.05) is 24.3 Å². The first kappa shape index (κ1) is 18.0. The number of benzene rings is 1. The van der Waals surface area contributed by atoms with E-state index in [1.54, 1.807) is 0 Å². The molecule has 5 nitrogen and oxygen atoms in total. The van der Waals surface area contributed by atoms with E-state index in [1.165, 1.54) is 30.3 Å². The van der Waals surface area contributed by atoms with Gasteiger partial charge in [0.05, 0.1) is 5.36 Å². The Morgan fingerprint density at radius 1 is 0.926 bits per heavy atom. The largest absolute Gasteiger partial charge is 0.388 e. The minimum atomic E-state index is 0.903. The highest BCUT2D eigenvalue weighted by molar-refractivity contribution is 5.43. The second-order valence-corrected chi connectivity index (χ2v) is 7.28. The third kappa shape index (κ3) is 4.66. The van der Waals surface area contributed by atoms with E-state index >= 15 is 0 Å².